The minimum atomic E-state index is 0.557. The van der Waals surface area contributed by atoms with Gasteiger partial charge in [-0.15, -0.1) is 5.10 Å². The number of tetrazole rings is 1. The fraction of sp³-hybridized carbons (Fsp3) is 0. The van der Waals surface area contributed by atoms with Crippen LogP contribution < -0.4 is 0 Å². The van der Waals surface area contributed by atoms with Crippen LogP contribution in [-0.2, 0) is 0 Å². The van der Waals surface area contributed by atoms with Crippen molar-refractivity contribution in [3.05, 3.63) is 12.5 Å². The van der Waals surface area contributed by atoms with Gasteiger partial charge in [-0.25, -0.2) is 5.10 Å². The van der Waals surface area contributed by atoms with Crippen LogP contribution in [0.2, 0.25) is 0 Å². The highest BCUT2D eigenvalue weighted by atomic mass is 16.5. The van der Waals surface area contributed by atoms with Gasteiger partial charge in [-0.2, -0.15) is 0 Å². The van der Waals surface area contributed by atoms with Crippen LogP contribution in [0.3, 0.4) is 0 Å². The topological polar surface area (TPSA) is 80.5 Å². The molecule has 0 radical (unpaired) electrons. The molecule has 10 heavy (non-hydrogen) atoms. The van der Waals surface area contributed by atoms with Crippen LogP contribution in [0.4, 0.5) is 0 Å². The summed E-state index contributed by atoms with van der Waals surface area (Å²) in [6, 6.07) is 0. The Balaban J connectivity index is 2.48. The Labute approximate surface area is 55.2 Å². The highest BCUT2D eigenvalue weighted by Gasteiger charge is 2.01. The zero-order valence-electron chi connectivity index (χ0n) is 4.85. The smallest absolute Gasteiger partial charge is 0.184 e. The first kappa shape index (κ1) is 5.10. The predicted molar refractivity (Wildman–Crippen MR) is 29.7 cm³/mol. The predicted octanol–water partition coefficient (Wildman–Crippen LogP) is -0.145. The van der Waals surface area contributed by atoms with Gasteiger partial charge in [0.2, 0.25) is 0 Å². The molecule has 6 heteroatoms. The van der Waals surface area contributed by atoms with Crippen molar-refractivity contribution in [2.75, 3.05) is 0 Å². The van der Waals surface area contributed by atoms with E-state index in [4.69, 9.17) is 0 Å². The maximum atomic E-state index is 4.57. The van der Waals surface area contributed by atoms with Crippen molar-refractivity contribution < 1.29 is 4.52 Å². The van der Waals surface area contributed by atoms with E-state index in [0.717, 1.165) is 5.56 Å². The largest absolute Gasteiger partial charge is 0.364 e. The van der Waals surface area contributed by atoms with Crippen molar-refractivity contribution in [2.24, 2.45) is 0 Å². The summed E-state index contributed by atoms with van der Waals surface area (Å²) < 4.78 is 4.57. The average molecular weight is 137 g/mol. The second-order valence-electron chi connectivity index (χ2n) is 1.66. The number of nitrogens with one attached hydrogen (secondary N) is 1. The molecule has 0 amide bonds. The lowest BCUT2D eigenvalue weighted by Crippen LogP contribution is -1.75. The van der Waals surface area contributed by atoms with Gasteiger partial charge < -0.3 is 4.52 Å². The van der Waals surface area contributed by atoms with Crippen molar-refractivity contribution in [2.45, 2.75) is 0 Å². The summed E-state index contributed by atoms with van der Waals surface area (Å²) in [7, 11) is 0. The first-order chi connectivity index (χ1) is 4.97. The molecule has 0 unspecified atom stereocenters. The number of rotatable bonds is 1. The van der Waals surface area contributed by atoms with E-state index in [1.807, 2.05) is 0 Å². The SMILES string of the molecule is c1nocc1-c1nnn[nH]1. The monoisotopic (exact) mass is 137 g/mol. The van der Waals surface area contributed by atoms with Crippen LogP contribution in [-0.4, -0.2) is 25.8 Å². The second-order valence-corrected chi connectivity index (χ2v) is 1.66. The molecule has 0 saturated heterocycles. The molecular weight excluding hydrogens is 134 g/mol. The third-order valence-corrected chi connectivity index (χ3v) is 1.05. The Hall–Kier alpha value is -1.72. The van der Waals surface area contributed by atoms with Gasteiger partial charge in [-0.05, 0) is 10.4 Å². The lowest BCUT2D eigenvalue weighted by Gasteiger charge is -1.78. The summed E-state index contributed by atoms with van der Waals surface area (Å²) in [5, 5.41) is 16.5. The van der Waals surface area contributed by atoms with Crippen molar-refractivity contribution in [3.8, 4) is 11.4 Å². The van der Waals surface area contributed by atoms with Crippen LogP contribution in [0.5, 0.6) is 0 Å². The molecule has 0 aliphatic heterocycles. The van der Waals surface area contributed by atoms with E-state index in [0.29, 0.717) is 5.82 Å². The second kappa shape index (κ2) is 1.90. The van der Waals surface area contributed by atoms with Crippen LogP contribution in [0.1, 0.15) is 0 Å². The first-order valence-corrected chi connectivity index (χ1v) is 2.60. The highest BCUT2D eigenvalue weighted by molar-refractivity contribution is 5.49. The maximum absolute atomic E-state index is 4.57. The molecule has 2 heterocycles. The lowest BCUT2D eigenvalue weighted by molar-refractivity contribution is 0.420. The normalized spacial score (nSPS) is 10.0. The summed E-state index contributed by atoms with van der Waals surface area (Å²) in [6.45, 7) is 0. The van der Waals surface area contributed by atoms with Crippen molar-refractivity contribution in [1.29, 1.82) is 0 Å². The van der Waals surface area contributed by atoms with Gasteiger partial charge in [-0.1, -0.05) is 5.16 Å². The molecule has 0 fully saturated rings. The Morgan fingerprint density at radius 1 is 1.50 bits per heavy atom. The minimum Gasteiger partial charge on any atom is -0.364 e. The number of nitrogens with zero attached hydrogens (tertiary/aromatic N) is 4. The molecule has 2 aromatic heterocycles. The maximum Gasteiger partial charge on any atom is 0.184 e. The van der Waals surface area contributed by atoms with Crippen molar-refractivity contribution >= 4 is 0 Å². The molecule has 0 aliphatic carbocycles. The van der Waals surface area contributed by atoms with E-state index < -0.39 is 0 Å². The number of H-pyrrole nitrogens is 1. The van der Waals surface area contributed by atoms with E-state index in [1.165, 1.54) is 12.5 Å². The minimum absolute atomic E-state index is 0.557. The summed E-state index contributed by atoms with van der Waals surface area (Å²) in [5.41, 5.74) is 0.741. The highest BCUT2D eigenvalue weighted by Crippen LogP contribution is 2.09. The quantitative estimate of drug-likeness (QED) is 0.591. The molecule has 0 atom stereocenters. The van der Waals surface area contributed by atoms with Gasteiger partial charge in [-0.3, -0.25) is 0 Å². The molecular formula is C4H3N5O. The molecule has 6 nitrogen and oxygen atoms in total. The molecule has 0 bridgehead atoms. The number of aromatic nitrogens is 5. The van der Waals surface area contributed by atoms with Crippen LogP contribution in [0.25, 0.3) is 11.4 Å². The number of aromatic amines is 1. The van der Waals surface area contributed by atoms with Crippen LogP contribution in [0, 0.1) is 0 Å². The molecule has 0 aliphatic rings. The zero-order chi connectivity index (χ0) is 6.81. The molecule has 2 rings (SSSR count). The van der Waals surface area contributed by atoms with Crippen molar-refractivity contribution in [1.82, 2.24) is 25.8 Å². The first-order valence-electron chi connectivity index (χ1n) is 2.60. The molecule has 0 aromatic carbocycles. The summed E-state index contributed by atoms with van der Waals surface area (Å²) in [4.78, 5) is 0. The Morgan fingerprint density at radius 3 is 3.10 bits per heavy atom. The number of hydrogen-bond acceptors (Lipinski definition) is 5. The van der Waals surface area contributed by atoms with Gasteiger partial charge in [0, 0.05) is 0 Å². The van der Waals surface area contributed by atoms with E-state index in [2.05, 4.69) is 30.3 Å². The average Bonchev–Trinajstić information content (AvgIpc) is 2.59. The van der Waals surface area contributed by atoms with E-state index in [1.54, 1.807) is 0 Å². The fourth-order valence-corrected chi connectivity index (χ4v) is 0.603. The summed E-state index contributed by atoms with van der Waals surface area (Å²) >= 11 is 0. The van der Waals surface area contributed by atoms with E-state index >= 15 is 0 Å². The fourth-order valence-electron chi connectivity index (χ4n) is 0.603. The third-order valence-electron chi connectivity index (χ3n) is 1.05. The van der Waals surface area contributed by atoms with Crippen LogP contribution >= 0.6 is 0 Å². The van der Waals surface area contributed by atoms with Gasteiger partial charge in [0.05, 0.1) is 11.8 Å². The Morgan fingerprint density at radius 2 is 2.50 bits per heavy atom. The van der Waals surface area contributed by atoms with Gasteiger partial charge in [0.1, 0.15) is 6.26 Å². The van der Waals surface area contributed by atoms with Crippen LogP contribution in [0.15, 0.2) is 17.0 Å². The molecule has 0 saturated carbocycles. The van der Waals surface area contributed by atoms with Gasteiger partial charge in [0.25, 0.3) is 0 Å². The Bertz CT molecular complexity index is 253. The molecule has 0 spiro atoms. The third kappa shape index (κ3) is 0.661. The number of hydrogen-bond donors (Lipinski definition) is 1. The van der Waals surface area contributed by atoms with Gasteiger partial charge >= 0.3 is 0 Å². The van der Waals surface area contributed by atoms with Crippen molar-refractivity contribution in [3.63, 3.8) is 0 Å². The molecule has 1 N–H and O–H groups in total. The summed E-state index contributed by atoms with van der Waals surface area (Å²) in [6.07, 6.45) is 2.99. The van der Waals surface area contributed by atoms with E-state index in [9.17, 15) is 0 Å². The molecule has 50 valence electrons. The zero-order valence-corrected chi connectivity index (χ0v) is 4.85. The standard InChI is InChI=1S/C4H3N5O/c1-3(2-10-5-1)4-6-8-9-7-4/h1-2H,(H,6,7,8,9). The summed E-state index contributed by atoms with van der Waals surface area (Å²) in [5.74, 6) is 0.557. The molecule has 2 aromatic rings. The Kier molecular flexibility index (Phi) is 0.970. The van der Waals surface area contributed by atoms with E-state index in [-0.39, 0.29) is 0 Å². The van der Waals surface area contributed by atoms with Gasteiger partial charge in [0.15, 0.2) is 5.82 Å². The lowest BCUT2D eigenvalue weighted by atomic mass is 10.4.